The van der Waals surface area contributed by atoms with E-state index in [1.54, 1.807) is 0 Å². The summed E-state index contributed by atoms with van der Waals surface area (Å²) >= 11 is 0. The molecule has 0 bridgehead atoms. The molecular formula is C9H12N6O3. The Balaban J connectivity index is 2.35. The number of nitrogen functional groups attached to an aromatic ring is 1. The van der Waals surface area contributed by atoms with Crippen molar-refractivity contribution in [3.63, 3.8) is 0 Å². The highest BCUT2D eigenvalue weighted by Gasteiger charge is 2.36. The molecule has 1 unspecified atom stereocenters. The fourth-order valence-corrected chi connectivity index (χ4v) is 1.89. The van der Waals surface area contributed by atoms with Gasteiger partial charge in [-0.15, -0.1) is 0 Å². The number of hydrogen-bond acceptors (Lipinski definition) is 6. The Hall–Kier alpha value is -2.09. The molecule has 0 spiro atoms. The van der Waals surface area contributed by atoms with Gasteiger partial charge in [0.1, 0.15) is 12.0 Å². The second-order valence-corrected chi connectivity index (χ2v) is 3.88. The molecule has 0 saturated carbocycles. The Morgan fingerprint density at radius 3 is 3.17 bits per heavy atom. The largest absolute Gasteiger partial charge is 0.394 e. The van der Waals surface area contributed by atoms with E-state index in [9.17, 15) is 4.79 Å². The lowest BCUT2D eigenvalue weighted by molar-refractivity contribution is -0.0278. The molecule has 9 heteroatoms. The zero-order valence-corrected chi connectivity index (χ0v) is 9.38. The van der Waals surface area contributed by atoms with Crippen LogP contribution in [0.15, 0.2) is 22.2 Å². The van der Waals surface area contributed by atoms with Crippen LogP contribution in [0, 0.1) is 0 Å². The first-order valence-electron chi connectivity index (χ1n) is 5.31. The van der Waals surface area contributed by atoms with E-state index in [0.717, 1.165) is 0 Å². The van der Waals surface area contributed by atoms with Gasteiger partial charge in [0.2, 0.25) is 0 Å². The van der Waals surface area contributed by atoms with Crippen LogP contribution in [-0.4, -0.2) is 33.4 Å². The molecule has 0 radical (unpaired) electrons. The Morgan fingerprint density at radius 1 is 1.78 bits per heavy atom. The van der Waals surface area contributed by atoms with Gasteiger partial charge in [0.15, 0.2) is 0 Å². The fourth-order valence-electron chi connectivity index (χ4n) is 1.89. The minimum atomic E-state index is -0.765. The second kappa shape index (κ2) is 5.05. The molecule has 1 aromatic rings. The van der Waals surface area contributed by atoms with Gasteiger partial charge in [0.25, 0.3) is 0 Å². The van der Waals surface area contributed by atoms with E-state index in [2.05, 4.69) is 15.0 Å². The molecule has 1 aromatic heterocycles. The Bertz CT molecular complexity index is 537. The molecule has 3 atom stereocenters. The Labute approximate surface area is 101 Å². The summed E-state index contributed by atoms with van der Waals surface area (Å²) in [6.45, 7) is -0.203. The fraction of sp³-hybridized carbons (Fsp3) is 0.556. The zero-order chi connectivity index (χ0) is 13.1. The van der Waals surface area contributed by atoms with Gasteiger partial charge in [0, 0.05) is 11.1 Å². The van der Waals surface area contributed by atoms with Gasteiger partial charge < -0.3 is 15.6 Å². The van der Waals surface area contributed by atoms with Crippen molar-refractivity contribution >= 4 is 5.82 Å². The molecule has 96 valence electrons. The number of nitrogens with two attached hydrogens (primary N) is 1. The predicted molar refractivity (Wildman–Crippen MR) is 61.5 cm³/mol. The number of aliphatic hydroxyl groups excluding tert-OH is 1. The Kier molecular flexibility index (Phi) is 3.47. The van der Waals surface area contributed by atoms with Gasteiger partial charge in [-0.2, -0.15) is 4.98 Å². The minimum absolute atomic E-state index is 0.105. The van der Waals surface area contributed by atoms with Gasteiger partial charge >= 0.3 is 5.69 Å². The van der Waals surface area contributed by atoms with Crippen molar-refractivity contribution in [1.82, 2.24) is 9.55 Å². The third-order valence-electron chi connectivity index (χ3n) is 2.69. The summed E-state index contributed by atoms with van der Waals surface area (Å²) in [5, 5.41) is 12.6. The van der Waals surface area contributed by atoms with E-state index < -0.39 is 24.1 Å². The molecule has 1 saturated heterocycles. The van der Waals surface area contributed by atoms with Crippen LogP contribution in [0.4, 0.5) is 5.82 Å². The molecular weight excluding hydrogens is 240 g/mol. The normalized spacial score (nSPS) is 26.8. The number of rotatable bonds is 3. The van der Waals surface area contributed by atoms with Crippen LogP contribution in [0.25, 0.3) is 10.4 Å². The predicted octanol–water partition coefficient (Wildman–Crippen LogP) is -0.216. The highest BCUT2D eigenvalue weighted by atomic mass is 16.5. The van der Waals surface area contributed by atoms with E-state index in [4.69, 9.17) is 21.1 Å². The molecule has 1 aliphatic rings. The van der Waals surface area contributed by atoms with Crippen molar-refractivity contribution in [1.29, 1.82) is 0 Å². The average molecular weight is 252 g/mol. The summed E-state index contributed by atoms with van der Waals surface area (Å²) in [7, 11) is 0. The van der Waals surface area contributed by atoms with Crippen molar-refractivity contribution in [3.8, 4) is 0 Å². The van der Waals surface area contributed by atoms with Crippen molar-refractivity contribution in [3.05, 3.63) is 33.2 Å². The van der Waals surface area contributed by atoms with Crippen molar-refractivity contribution in [2.45, 2.75) is 24.8 Å². The molecule has 2 heterocycles. The number of ether oxygens (including phenoxy) is 1. The van der Waals surface area contributed by atoms with Crippen molar-refractivity contribution < 1.29 is 9.84 Å². The van der Waals surface area contributed by atoms with Gasteiger partial charge in [-0.1, -0.05) is 5.11 Å². The number of aromatic nitrogens is 2. The quantitative estimate of drug-likeness (QED) is 0.435. The second-order valence-electron chi connectivity index (χ2n) is 3.88. The first kappa shape index (κ1) is 12.4. The summed E-state index contributed by atoms with van der Waals surface area (Å²) in [4.78, 5) is 18.0. The van der Waals surface area contributed by atoms with Gasteiger partial charge in [-0.3, -0.25) is 4.57 Å². The molecule has 1 fully saturated rings. The molecule has 0 aliphatic carbocycles. The molecule has 2 rings (SSSR count). The van der Waals surface area contributed by atoms with E-state index in [0.29, 0.717) is 6.42 Å². The van der Waals surface area contributed by atoms with Crippen molar-refractivity contribution in [2.75, 3.05) is 12.3 Å². The lowest BCUT2D eigenvalue weighted by atomic mass is 10.2. The van der Waals surface area contributed by atoms with Crippen molar-refractivity contribution in [2.24, 2.45) is 5.11 Å². The van der Waals surface area contributed by atoms with Gasteiger partial charge in [0.05, 0.1) is 18.8 Å². The van der Waals surface area contributed by atoms with Crippen LogP contribution in [0.2, 0.25) is 0 Å². The number of hydrogen-bond donors (Lipinski definition) is 2. The lowest BCUT2D eigenvalue weighted by Gasteiger charge is -2.17. The summed E-state index contributed by atoms with van der Waals surface area (Å²) in [6.07, 6.45) is 0.547. The molecule has 0 aromatic carbocycles. The van der Waals surface area contributed by atoms with E-state index in [-0.39, 0.29) is 12.4 Å². The molecule has 0 amide bonds. The maximum absolute atomic E-state index is 11.7. The van der Waals surface area contributed by atoms with E-state index in [1.807, 2.05) is 0 Å². The first-order chi connectivity index (χ1) is 8.65. The number of anilines is 1. The summed E-state index contributed by atoms with van der Waals surface area (Å²) in [6, 6.07) is 0.889. The highest BCUT2D eigenvalue weighted by Crippen LogP contribution is 2.30. The van der Waals surface area contributed by atoms with Crippen LogP contribution >= 0.6 is 0 Å². The summed E-state index contributed by atoms with van der Waals surface area (Å²) < 4.78 is 6.65. The van der Waals surface area contributed by atoms with Gasteiger partial charge in [-0.05, 0) is 18.0 Å². The Morgan fingerprint density at radius 2 is 2.56 bits per heavy atom. The SMILES string of the molecule is [N-]=[N+]=NC1C[C@@H](CO)O[C@H]1n1ccc(N)nc1=O. The maximum Gasteiger partial charge on any atom is 0.351 e. The minimum Gasteiger partial charge on any atom is -0.394 e. The molecule has 9 nitrogen and oxygen atoms in total. The van der Waals surface area contributed by atoms with E-state index >= 15 is 0 Å². The van der Waals surface area contributed by atoms with E-state index in [1.165, 1.54) is 16.8 Å². The molecule has 1 aliphatic heterocycles. The summed E-state index contributed by atoms with van der Waals surface area (Å²) in [5.74, 6) is 0.105. The maximum atomic E-state index is 11.7. The average Bonchev–Trinajstić information content (AvgIpc) is 2.73. The lowest BCUT2D eigenvalue weighted by Crippen LogP contribution is -2.31. The molecule has 18 heavy (non-hydrogen) atoms. The van der Waals surface area contributed by atoms with Crippen LogP contribution in [0.3, 0.4) is 0 Å². The first-order valence-corrected chi connectivity index (χ1v) is 5.31. The number of azide groups is 1. The zero-order valence-electron chi connectivity index (χ0n) is 9.38. The topological polar surface area (TPSA) is 139 Å². The van der Waals surface area contributed by atoms with Gasteiger partial charge in [-0.25, -0.2) is 4.79 Å². The standard InChI is InChI=1S/C9H12N6O3/c10-7-1-2-15(9(17)12-7)8-6(13-14-11)3-5(4-16)18-8/h1-2,5-6,8,16H,3-4H2,(H2,10,12,17)/t5-,6?,8+/m0/s1. The summed E-state index contributed by atoms with van der Waals surface area (Å²) in [5.41, 5.74) is 13.3. The monoisotopic (exact) mass is 252 g/mol. The number of aliphatic hydroxyl groups is 1. The smallest absolute Gasteiger partial charge is 0.351 e. The third kappa shape index (κ3) is 2.28. The van der Waals surface area contributed by atoms with Crippen LogP contribution in [0.1, 0.15) is 12.6 Å². The van der Waals surface area contributed by atoms with Crippen LogP contribution < -0.4 is 11.4 Å². The third-order valence-corrected chi connectivity index (χ3v) is 2.69. The van der Waals surface area contributed by atoms with Crippen LogP contribution in [-0.2, 0) is 4.74 Å². The molecule has 3 N–H and O–H groups in total. The van der Waals surface area contributed by atoms with Crippen LogP contribution in [0.5, 0.6) is 0 Å². The highest BCUT2D eigenvalue weighted by molar-refractivity contribution is 5.23. The number of nitrogens with zero attached hydrogens (tertiary/aromatic N) is 5.